The summed E-state index contributed by atoms with van der Waals surface area (Å²) in [7, 11) is 0. The third kappa shape index (κ3) is 2.82. The summed E-state index contributed by atoms with van der Waals surface area (Å²) in [5, 5.41) is 10.0. The number of hydrogen-bond donors (Lipinski definition) is 1. The van der Waals surface area contributed by atoms with Crippen LogP contribution in [0.5, 0.6) is 0 Å². The fourth-order valence-corrected chi connectivity index (χ4v) is 2.08. The average Bonchev–Trinajstić information content (AvgIpc) is 2.62. The Labute approximate surface area is 107 Å². The molecule has 0 bridgehead atoms. The Morgan fingerprint density at radius 1 is 1.50 bits per heavy atom. The van der Waals surface area contributed by atoms with E-state index in [9.17, 15) is 9.90 Å². The number of carbonyl (C=O) groups is 1. The summed E-state index contributed by atoms with van der Waals surface area (Å²) in [6.45, 7) is 4.84. The van der Waals surface area contributed by atoms with Crippen LogP contribution in [0.15, 0.2) is 30.3 Å². The highest BCUT2D eigenvalue weighted by Gasteiger charge is 2.41. The third-order valence-corrected chi connectivity index (χ3v) is 3.53. The summed E-state index contributed by atoms with van der Waals surface area (Å²) >= 11 is 0. The van der Waals surface area contributed by atoms with Gasteiger partial charge in [0.05, 0.1) is 12.1 Å². The molecule has 4 nitrogen and oxygen atoms in total. The van der Waals surface area contributed by atoms with Crippen molar-refractivity contribution in [2.75, 3.05) is 13.1 Å². The Morgan fingerprint density at radius 2 is 2.17 bits per heavy atom. The van der Waals surface area contributed by atoms with E-state index in [4.69, 9.17) is 4.74 Å². The van der Waals surface area contributed by atoms with Crippen LogP contribution >= 0.6 is 0 Å². The second kappa shape index (κ2) is 4.98. The highest BCUT2D eigenvalue weighted by molar-refractivity contribution is 5.68. The predicted octanol–water partition coefficient (Wildman–Crippen LogP) is 2.03. The normalized spacial score (nSPS) is 27.3. The zero-order valence-corrected chi connectivity index (χ0v) is 10.8. The van der Waals surface area contributed by atoms with E-state index >= 15 is 0 Å². The van der Waals surface area contributed by atoms with Gasteiger partial charge in [0.15, 0.2) is 0 Å². The van der Waals surface area contributed by atoms with E-state index in [1.807, 2.05) is 37.3 Å². The monoisotopic (exact) mass is 249 g/mol. The molecule has 1 aromatic carbocycles. The molecule has 4 heteroatoms. The number of amides is 1. The lowest BCUT2D eigenvalue weighted by Gasteiger charge is -2.20. The van der Waals surface area contributed by atoms with Crippen molar-refractivity contribution in [2.45, 2.75) is 26.1 Å². The molecule has 0 radical (unpaired) electrons. The van der Waals surface area contributed by atoms with Gasteiger partial charge in [-0.25, -0.2) is 4.79 Å². The Kier molecular flexibility index (Phi) is 3.57. The van der Waals surface area contributed by atoms with Crippen LogP contribution < -0.4 is 0 Å². The van der Waals surface area contributed by atoms with Crippen LogP contribution in [-0.2, 0) is 11.3 Å². The quantitative estimate of drug-likeness (QED) is 0.872. The largest absolute Gasteiger partial charge is 0.445 e. The van der Waals surface area contributed by atoms with Gasteiger partial charge in [-0.2, -0.15) is 0 Å². The SMILES string of the molecule is C[C@@H]1CN(C(=O)OCc2ccccc2)C[C@@]1(C)O. The fourth-order valence-electron chi connectivity index (χ4n) is 2.08. The van der Waals surface area contributed by atoms with E-state index in [1.165, 1.54) is 0 Å². The van der Waals surface area contributed by atoms with E-state index in [-0.39, 0.29) is 18.6 Å². The molecule has 0 saturated carbocycles. The molecule has 1 aromatic rings. The molecule has 1 aliphatic heterocycles. The van der Waals surface area contributed by atoms with Crippen LogP contribution in [-0.4, -0.2) is 34.8 Å². The molecular weight excluding hydrogens is 230 g/mol. The summed E-state index contributed by atoms with van der Waals surface area (Å²) in [6, 6.07) is 9.56. The lowest BCUT2D eigenvalue weighted by Crippen LogP contribution is -2.35. The van der Waals surface area contributed by atoms with E-state index < -0.39 is 5.60 Å². The second-order valence-corrected chi connectivity index (χ2v) is 5.18. The maximum absolute atomic E-state index is 11.8. The van der Waals surface area contributed by atoms with Gasteiger partial charge in [-0.3, -0.25) is 0 Å². The summed E-state index contributed by atoms with van der Waals surface area (Å²) in [4.78, 5) is 13.4. The van der Waals surface area contributed by atoms with Gasteiger partial charge in [-0.15, -0.1) is 0 Å². The van der Waals surface area contributed by atoms with Crippen molar-refractivity contribution >= 4 is 6.09 Å². The fraction of sp³-hybridized carbons (Fsp3) is 0.500. The number of nitrogens with zero attached hydrogens (tertiary/aromatic N) is 1. The molecule has 1 saturated heterocycles. The van der Waals surface area contributed by atoms with Crippen molar-refractivity contribution in [1.82, 2.24) is 4.90 Å². The summed E-state index contributed by atoms with van der Waals surface area (Å²) < 4.78 is 5.23. The van der Waals surface area contributed by atoms with Crippen LogP contribution in [0.4, 0.5) is 4.79 Å². The van der Waals surface area contributed by atoms with Gasteiger partial charge in [0.1, 0.15) is 6.61 Å². The number of likely N-dealkylation sites (tertiary alicyclic amines) is 1. The smallest absolute Gasteiger partial charge is 0.410 e. The van der Waals surface area contributed by atoms with Crippen molar-refractivity contribution in [3.05, 3.63) is 35.9 Å². The molecule has 1 aliphatic rings. The van der Waals surface area contributed by atoms with E-state index in [0.29, 0.717) is 13.1 Å². The number of ether oxygens (including phenoxy) is 1. The van der Waals surface area contributed by atoms with Crippen molar-refractivity contribution in [3.8, 4) is 0 Å². The minimum atomic E-state index is -0.814. The van der Waals surface area contributed by atoms with Gasteiger partial charge < -0.3 is 14.7 Å². The maximum atomic E-state index is 11.8. The summed E-state index contributed by atoms with van der Waals surface area (Å²) in [5.74, 6) is 0.0711. The molecule has 1 amide bonds. The molecule has 0 aromatic heterocycles. The Bertz CT molecular complexity index is 416. The van der Waals surface area contributed by atoms with Crippen molar-refractivity contribution in [3.63, 3.8) is 0 Å². The zero-order chi connectivity index (χ0) is 13.2. The molecule has 18 heavy (non-hydrogen) atoms. The second-order valence-electron chi connectivity index (χ2n) is 5.18. The molecule has 98 valence electrons. The van der Waals surface area contributed by atoms with Crippen LogP contribution in [0.2, 0.25) is 0 Å². The molecule has 1 N–H and O–H groups in total. The maximum Gasteiger partial charge on any atom is 0.410 e. The van der Waals surface area contributed by atoms with Crippen molar-refractivity contribution < 1.29 is 14.6 Å². The predicted molar refractivity (Wildman–Crippen MR) is 68.0 cm³/mol. The molecule has 0 spiro atoms. The van der Waals surface area contributed by atoms with Crippen molar-refractivity contribution in [2.24, 2.45) is 5.92 Å². The molecule has 1 fully saturated rings. The first kappa shape index (κ1) is 12.9. The Balaban J connectivity index is 1.87. The lowest BCUT2D eigenvalue weighted by atomic mass is 9.95. The van der Waals surface area contributed by atoms with E-state index in [2.05, 4.69) is 0 Å². The first-order valence-electron chi connectivity index (χ1n) is 6.17. The number of carbonyl (C=O) groups excluding carboxylic acids is 1. The molecular formula is C14H19NO3. The van der Waals surface area contributed by atoms with Crippen LogP contribution in [0, 0.1) is 5.92 Å². The Hall–Kier alpha value is -1.55. The molecule has 2 atom stereocenters. The molecule has 1 heterocycles. The zero-order valence-electron chi connectivity index (χ0n) is 10.8. The van der Waals surface area contributed by atoms with Gasteiger partial charge in [0.2, 0.25) is 0 Å². The minimum Gasteiger partial charge on any atom is -0.445 e. The average molecular weight is 249 g/mol. The molecule has 2 rings (SSSR count). The van der Waals surface area contributed by atoms with Gasteiger partial charge in [-0.1, -0.05) is 37.3 Å². The molecule has 0 unspecified atom stereocenters. The Morgan fingerprint density at radius 3 is 2.72 bits per heavy atom. The first-order chi connectivity index (χ1) is 8.49. The minimum absolute atomic E-state index is 0.0711. The van der Waals surface area contributed by atoms with Crippen molar-refractivity contribution in [1.29, 1.82) is 0 Å². The van der Waals surface area contributed by atoms with Gasteiger partial charge in [-0.05, 0) is 12.5 Å². The third-order valence-electron chi connectivity index (χ3n) is 3.53. The summed E-state index contributed by atoms with van der Waals surface area (Å²) in [6.07, 6.45) is -0.358. The van der Waals surface area contributed by atoms with Gasteiger partial charge >= 0.3 is 6.09 Å². The number of rotatable bonds is 2. The highest BCUT2D eigenvalue weighted by Crippen LogP contribution is 2.27. The number of β-amino-alcohol motifs (C(OH)–C–C–N with tert-alkyl or cyclic N) is 1. The topological polar surface area (TPSA) is 49.8 Å². The van der Waals surface area contributed by atoms with Crippen LogP contribution in [0.1, 0.15) is 19.4 Å². The van der Waals surface area contributed by atoms with Crippen LogP contribution in [0.25, 0.3) is 0 Å². The number of benzene rings is 1. The lowest BCUT2D eigenvalue weighted by molar-refractivity contribution is 0.0343. The number of aliphatic hydroxyl groups is 1. The van der Waals surface area contributed by atoms with E-state index in [1.54, 1.807) is 11.8 Å². The van der Waals surface area contributed by atoms with Gasteiger partial charge in [0, 0.05) is 12.5 Å². The summed E-state index contributed by atoms with van der Waals surface area (Å²) in [5.41, 5.74) is 0.149. The molecule has 0 aliphatic carbocycles. The number of hydrogen-bond acceptors (Lipinski definition) is 3. The highest BCUT2D eigenvalue weighted by atomic mass is 16.6. The van der Waals surface area contributed by atoms with E-state index in [0.717, 1.165) is 5.56 Å². The first-order valence-corrected chi connectivity index (χ1v) is 6.17. The van der Waals surface area contributed by atoms with Crippen LogP contribution in [0.3, 0.4) is 0 Å². The standard InChI is InChI=1S/C14H19NO3/c1-11-8-15(10-14(11,2)17)13(16)18-9-12-6-4-3-5-7-12/h3-7,11,17H,8-10H2,1-2H3/t11-,14-/m1/s1. The van der Waals surface area contributed by atoms with Gasteiger partial charge in [0.25, 0.3) is 0 Å².